The van der Waals surface area contributed by atoms with E-state index in [-0.39, 0.29) is 24.0 Å². The van der Waals surface area contributed by atoms with Gasteiger partial charge in [0.15, 0.2) is 0 Å². The zero-order valence-electron chi connectivity index (χ0n) is 12.8. The van der Waals surface area contributed by atoms with E-state index in [0.29, 0.717) is 0 Å². The monoisotopic (exact) mass is 439 g/mol. The maximum atomic E-state index is 2.31. The molecule has 0 atom stereocenters. The van der Waals surface area contributed by atoms with Crippen molar-refractivity contribution in [2.45, 2.75) is 11.3 Å². The predicted octanol–water partition coefficient (Wildman–Crippen LogP) is 1.94. The average molecular weight is 439 g/mol. The van der Waals surface area contributed by atoms with Gasteiger partial charge in [0, 0.05) is 5.56 Å². The maximum Gasteiger partial charge on any atom is 0.297 e. The van der Waals surface area contributed by atoms with Crippen LogP contribution < -0.4 is 28.5 Å². The van der Waals surface area contributed by atoms with Crippen molar-refractivity contribution in [1.82, 2.24) is 0 Å². The van der Waals surface area contributed by atoms with Crippen LogP contribution in [0.1, 0.15) is 5.56 Å². The predicted molar refractivity (Wildman–Crippen MR) is 92.9 cm³/mol. The number of halogens is 1. The Bertz CT molecular complexity index is 749. The molecular weight excluding hydrogens is 421 g/mol. The van der Waals surface area contributed by atoms with E-state index in [2.05, 4.69) is 79.4 Å². The van der Waals surface area contributed by atoms with Crippen molar-refractivity contribution in [2.24, 2.45) is 7.05 Å². The van der Waals surface area contributed by atoms with E-state index in [1.807, 2.05) is 11.3 Å². The fourth-order valence-electron chi connectivity index (χ4n) is 2.45. The maximum absolute atomic E-state index is 2.31. The highest BCUT2D eigenvalue weighted by atomic mass is 127. The molecule has 0 aliphatic rings. The van der Waals surface area contributed by atoms with Crippen LogP contribution in [0.15, 0.2) is 58.9 Å². The Labute approximate surface area is 157 Å². The van der Waals surface area contributed by atoms with Crippen molar-refractivity contribution in [3.8, 4) is 21.7 Å². The number of rotatable bonds is 3. The van der Waals surface area contributed by atoms with Gasteiger partial charge in [-0.1, -0.05) is 59.4 Å². The SMILES string of the molecule is CSc1sc(-c2ccccc2)c(-c2ccc(C)cc2)[n+]1C.[I-]. The summed E-state index contributed by atoms with van der Waals surface area (Å²) in [5.41, 5.74) is 5.16. The molecular formula is C18H18INS2. The molecule has 0 unspecified atom stereocenters. The molecule has 1 heterocycles. The molecule has 0 radical (unpaired) electrons. The molecule has 22 heavy (non-hydrogen) atoms. The molecule has 0 aliphatic carbocycles. The number of aryl methyl sites for hydroxylation is 1. The fraction of sp³-hybridized carbons (Fsp3) is 0.167. The minimum atomic E-state index is 0. The summed E-state index contributed by atoms with van der Waals surface area (Å²) >= 11 is 3.67. The first-order valence-electron chi connectivity index (χ1n) is 6.90. The van der Waals surface area contributed by atoms with E-state index in [0.717, 1.165) is 0 Å². The van der Waals surface area contributed by atoms with Gasteiger partial charge in [-0.05, 0) is 42.6 Å². The first-order valence-corrected chi connectivity index (χ1v) is 8.94. The van der Waals surface area contributed by atoms with Crippen LogP contribution in [0, 0.1) is 6.92 Å². The van der Waals surface area contributed by atoms with Crippen molar-refractivity contribution in [1.29, 1.82) is 0 Å². The molecule has 3 aromatic rings. The molecule has 0 bridgehead atoms. The summed E-state index contributed by atoms with van der Waals surface area (Å²) in [6.07, 6.45) is 2.14. The first-order chi connectivity index (χ1) is 10.2. The lowest BCUT2D eigenvalue weighted by atomic mass is 10.1. The van der Waals surface area contributed by atoms with Crippen LogP contribution in [0.3, 0.4) is 0 Å². The van der Waals surface area contributed by atoms with Crippen molar-refractivity contribution < 1.29 is 28.5 Å². The Hall–Kier alpha value is -0.850. The van der Waals surface area contributed by atoms with Crippen LogP contribution in [0.5, 0.6) is 0 Å². The number of thiazole rings is 1. The topological polar surface area (TPSA) is 3.88 Å². The minimum absolute atomic E-state index is 0. The summed E-state index contributed by atoms with van der Waals surface area (Å²) in [5.74, 6) is 0. The molecule has 3 rings (SSSR count). The van der Waals surface area contributed by atoms with Gasteiger partial charge in [0.25, 0.3) is 4.34 Å². The van der Waals surface area contributed by atoms with Crippen LogP contribution in [-0.2, 0) is 7.05 Å². The van der Waals surface area contributed by atoms with Crippen LogP contribution in [0.4, 0.5) is 0 Å². The van der Waals surface area contributed by atoms with Gasteiger partial charge in [-0.25, -0.2) is 0 Å². The van der Waals surface area contributed by atoms with E-state index < -0.39 is 0 Å². The summed E-state index contributed by atoms with van der Waals surface area (Å²) in [7, 11) is 2.16. The Balaban J connectivity index is 0.00000176. The van der Waals surface area contributed by atoms with Crippen LogP contribution in [-0.4, -0.2) is 6.26 Å². The summed E-state index contributed by atoms with van der Waals surface area (Å²) in [6, 6.07) is 19.4. The van der Waals surface area contributed by atoms with Gasteiger partial charge < -0.3 is 24.0 Å². The molecule has 0 N–H and O–H groups in total. The van der Waals surface area contributed by atoms with E-state index >= 15 is 0 Å². The highest BCUT2D eigenvalue weighted by molar-refractivity contribution is 8.00. The molecule has 0 aliphatic heterocycles. The average Bonchev–Trinajstić information content (AvgIpc) is 2.86. The lowest BCUT2D eigenvalue weighted by molar-refractivity contribution is -0.691. The van der Waals surface area contributed by atoms with Crippen LogP contribution in [0.2, 0.25) is 0 Å². The molecule has 4 heteroatoms. The van der Waals surface area contributed by atoms with Gasteiger partial charge in [-0.2, -0.15) is 4.57 Å². The van der Waals surface area contributed by atoms with Crippen molar-refractivity contribution in [3.63, 3.8) is 0 Å². The van der Waals surface area contributed by atoms with Crippen molar-refractivity contribution in [2.75, 3.05) is 6.26 Å². The summed E-state index contributed by atoms with van der Waals surface area (Å²) in [6.45, 7) is 2.13. The Morgan fingerprint density at radius 2 is 1.55 bits per heavy atom. The number of hydrogen-bond donors (Lipinski definition) is 0. The summed E-state index contributed by atoms with van der Waals surface area (Å²) in [4.78, 5) is 1.34. The Kier molecular flexibility index (Phi) is 6.06. The molecule has 1 nitrogen and oxygen atoms in total. The molecule has 0 saturated heterocycles. The van der Waals surface area contributed by atoms with Gasteiger partial charge in [-0.15, -0.1) is 0 Å². The number of thioether (sulfide) groups is 1. The molecule has 0 saturated carbocycles. The number of aromatic nitrogens is 1. The number of hydrogen-bond acceptors (Lipinski definition) is 2. The summed E-state index contributed by atoms with van der Waals surface area (Å²) in [5, 5.41) is 0. The lowest BCUT2D eigenvalue weighted by Gasteiger charge is -2.01. The largest absolute Gasteiger partial charge is 1.00 e. The van der Waals surface area contributed by atoms with E-state index in [1.165, 1.54) is 31.6 Å². The van der Waals surface area contributed by atoms with Crippen molar-refractivity contribution in [3.05, 3.63) is 60.2 Å². The third-order valence-electron chi connectivity index (χ3n) is 3.55. The highest BCUT2D eigenvalue weighted by Gasteiger charge is 2.25. The fourth-order valence-corrected chi connectivity index (χ4v) is 4.40. The molecule has 114 valence electrons. The van der Waals surface area contributed by atoms with E-state index in [1.54, 1.807) is 11.8 Å². The third-order valence-corrected chi connectivity index (χ3v) is 6.00. The zero-order valence-corrected chi connectivity index (χ0v) is 16.6. The van der Waals surface area contributed by atoms with Crippen molar-refractivity contribution >= 4 is 23.1 Å². The second-order valence-electron chi connectivity index (χ2n) is 5.04. The molecule has 0 fully saturated rings. The Morgan fingerprint density at radius 1 is 0.909 bits per heavy atom. The zero-order chi connectivity index (χ0) is 14.8. The van der Waals surface area contributed by atoms with Gasteiger partial charge >= 0.3 is 0 Å². The van der Waals surface area contributed by atoms with E-state index in [4.69, 9.17) is 0 Å². The lowest BCUT2D eigenvalue weighted by Crippen LogP contribution is -3.00. The molecule has 0 amide bonds. The molecule has 0 spiro atoms. The third kappa shape index (κ3) is 3.39. The smallest absolute Gasteiger partial charge is 0.297 e. The number of nitrogens with zero attached hydrogens (tertiary/aromatic N) is 1. The Morgan fingerprint density at radius 3 is 2.14 bits per heavy atom. The van der Waals surface area contributed by atoms with E-state index in [9.17, 15) is 0 Å². The van der Waals surface area contributed by atoms with Gasteiger partial charge in [-0.3, -0.25) is 0 Å². The van der Waals surface area contributed by atoms with Crippen LogP contribution in [0.25, 0.3) is 21.7 Å². The minimum Gasteiger partial charge on any atom is -1.00 e. The second kappa shape index (κ2) is 7.62. The second-order valence-corrected chi connectivity index (χ2v) is 7.09. The standard InChI is InChI=1S/C18H18NS2.HI/c1-13-9-11-14(12-10-13)16-17(15-7-5-4-6-8-15)21-18(20-3)19(16)2;/h4-12H,1-3H3;1H/q+1;/p-1. The first kappa shape index (κ1) is 17.5. The van der Waals surface area contributed by atoms with Gasteiger partial charge in [0.1, 0.15) is 11.9 Å². The summed E-state index contributed by atoms with van der Waals surface area (Å²) < 4.78 is 3.63. The number of benzene rings is 2. The van der Waals surface area contributed by atoms with Gasteiger partial charge in [0.05, 0.1) is 0 Å². The molecule has 2 aromatic carbocycles. The van der Waals surface area contributed by atoms with Crippen LogP contribution >= 0.6 is 23.1 Å². The molecule has 1 aromatic heterocycles. The quantitative estimate of drug-likeness (QED) is 0.343. The highest BCUT2D eigenvalue weighted by Crippen LogP contribution is 2.37. The van der Waals surface area contributed by atoms with Gasteiger partial charge in [0.2, 0.25) is 5.69 Å². The normalized spacial score (nSPS) is 10.3.